The number of carbonyl (C=O) groups is 1. The lowest BCUT2D eigenvalue weighted by Gasteiger charge is -2.25. The molecule has 0 saturated heterocycles. The van der Waals surface area contributed by atoms with Gasteiger partial charge in [0.1, 0.15) is 17.7 Å². The molecule has 2 N–H and O–H groups in total. The van der Waals surface area contributed by atoms with Gasteiger partial charge in [0, 0.05) is 42.7 Å². The first kappa shape index (κ1) is 23.7. The van der Waals surface area contributed by atoms with Crippen LogP contribution in [0.25, 0.3) is 10.8 Å². The van der Waals surface area contributed by atoms with Gasteiger partial charge in [-0.25, -0.2) is 9.49 Å². The highest BCUT2D eigenvalue weighted by molar-refractivity contribution is 5.90. The number of rotatable bonds is 6. The quantitative estimate of drug-likeness (QED) is 0.432. The predicted molar refractivity (Wildman–Crippen MR) is 135 cm³/mol. The molecule has 2 heterocycles. The van der Waals surface area contributed by atoms with Gasteiger partial charge in [0.2, 0.25) is 5.91 Å². The van der Waals surface area contributed by atoms with E-state index in [0.717, 1.165) is 11.3 Å². The van der Waals surface area contributed by atoms with Gasteiger partial charge in [-0.1, -0.05) is 54.6 Å². The number of hydrogen-bond acceptors (Lipinski definition) is 5. The highest BCUT2D eigenvalue weighted by Gasteiger charge is 2.26. The average Bonchev–Trinajstić information content (AvgIpc) is 3.08. The summed E-state index contributed by atoms with van der Waals surface area (Å²) in [5.41, 5.74) is 1.77. The molecule has 1 aliphatic rings. The molecular formula is C28H27FN4O3. The Morgan fingerprint density at radius 1 is 1.11 bits per heavy atom. The number of carbonyl (C=O) groups excluding carboxylic acids is 1. The molecule has 0 aliphatic carbocycles. The molecule has 0 bridgehead atoms. The maximum absolute atomic E-state index is 14.6. The third kappa shape index (κ3) is 4.85. The molecule has 7 nitrogen and oxygen atoms in total. The number of nitrogens with one attached hydrogen (secondary N) is 2. The normalized spacial score (nSPS) is 16.6. The number of halogens is 1. The van der Waals surface area contributed by atoms with E-state index in [4.69, 9.17) is 4.74 Å². The molecule has 0 saturated carbocycles. The number of fused-ring (bicyclic) bond motifs is 2. The van der Waals surface area contributed by atoms with E-state index in [9.17, 15) is 14.0 Å². The third-order valence-electron chi connectivity index (χ3n) is 6.57. The molecule has 1 aromatic heterocycles. The molecular weight excluding hydrogens is 459 g/mol. The van der Waals surface area contributed by atoms with Crippen molar-refractivity contribution in [2.24, 2.45) is 0 Å². The number of nitrogens with zero attached hydrogens (tertiary/aromatic N) is 2. The van der Waals surface area contributed by atoms with Crippen molar-refractivity contribution >= 4 is 16.7 Å². The molecule has 0 fully saturated rings. The van der Waals surface area contributed by atoms with Crippen molar-refractivity contribution in [3.63, 3.8) is 0 Å². The topological polar surface area (TPSA) is 87.3 Å². The number of aromatic nitrogens is 2. The molecule has 5 rings (SSSR count). The Morgan fingerprint density at radius 2 is 1.83 bits per heavy atom. The van der Waals surface area contributed by atoms with Gasteiger partial charge in [-0.2, -0.15) is 5.10 Å². The minimum Gasteiger partial charge on any atom is -0.484 e. The van der Waals surface area contributed by atoms with E-state index >= 15 is 0 Å². The minimum atomic E-state index is -0.550. The Labute approximate surface area is 207 Å². The summed E-state index contributed by atoms with van der Waals surface area (Å²) in [7, 11) is 0. The summed E-state index contributed by atoms with van der Waals surface area (Å²) >= 11 is 0. The zero-order valence-corrected chi connectivity index (χ0v) is 19.9. The fraction of sp³-hybridized carbons (Fsp3) is 0.250. The van der Waals surface area contributed by atoms with Gasteiger partial charge in [0.15, 0.2) is 0 Å². The van der Waals surface area contributed by atoms with Crippen LogP contribution in [0.3, 0.4) is 0 Å². The summed E-state index contributed by atoms with van der Waals surface area (Å²) in [6.07, 6.45) is -0.471. The van der Waals surface area contributed by atoms with E-state index in [2.05, 4.69) is 20.4 Å². The zero-order chi connectivity index (χ0) is 25.1. The number of H-pyrrole nitrogens is 1. The first-order chi connectivity index (χ1) is 17.5. The number of aromatic amines is 1. The Balaban J connectivity index is 1.29. The molecule has 0 spiro atoms. The number of amides is 1. The zero-order valence-electron chi connectivity index (χ0n) is 19.9. The van der Waals surface area contributed by atoms with Crippen LogP contribution in [0.4, 0.5) is 4.39 Å². The SMILES string of the molecule is C[C@@H](C(=O)NCCN1Cc2ccccc2O[C@@H](c2ccccc2F)C1)c1n[nH]c(=O)c2ccccc12. The van der Waals surface area contributed by atoms with Crippen molar-refractivity contribution in [2.45, 2.75) is 25.5 Å². The molecule has 1 amide bonds. The van der Waals surface area contributed by atoms with Gasteiger partial charge in [0.25, 0.3) is 5.56 Å². The highest BCUT2D eigenvalue weighted by Crippen LogP contribution is 2.32. The highest BCUT2D eigenvalue weighted by atomic mass is 19.1. The first-order valence-electron chi connectivity index (χ1n) is 12.0. The van der Waals surface area contributed by atoms with Crippen molar-refractivity contribution in [3.05, 3.63) is 106 Å². The molecule has 1 aliphatic heterocycles. The number of para-hydroxylation sites is 1. The van der Waals surface area contributed by atoms with Crippen molar-refractivity contribution in [3.8, 4) is 5.75 Å². The van der Waals surface area contributed by atoms with Crippen molar-refractivity contribution < 1.29 is 13.9 Å². The fourth-order valence-electron chi connectivity index (χ4n) is 4.63. The summed E-state index contributed by atoms with van der Waals surface area (Å²) in [5.74, 6) is -0.297. The van der Waals surface area contributed by atoms with Crippen molar-refractivity contribution in [1.82, 2.24) is 20.4 Å². The van der Waals surface area contributed by atoms with Gasteiger partial charge in [0.05, 0.1) is 17.0 Å². The monoisotopic (exact) mass is 486 g/mol. The number of ether oxygens (including phenoxy) is 1. The fourth-order valence-corrected chi connectivity index (χ4v) is 4.63. The van der Waals surface area contributed by atoms with Crippen LogP contribution in [-0.4, -0.2) is 40.6 Å². The number of hydrogen-bond donors (Lipinski definition) is 2. The average molecular weight is 487 g/mol. The van der Waals surface area contributed by atoms with Crippen molar-refractivity contribution in [1.29, 1.82) is 0 Å². The second-order valence-corrected chi connectivity index (χ2v) is 8.97. The molecule has 2 atom stereocenters. The Hall–Kier alpha value is -4.04. The summed E-state index contributed by atoms with van der Waals surface area (Å²) in [6.45, 7) is 3.83. The lowest BCUT2D eigenvalue weighted by molar-refractivity contribution is -0.122. The Kier molecular flexibility index (Phi) is 6.77. The molecule has 4 aromatic rings. The summed E-state index contributed by atoms with van der Waals surface area (Å²) < 4.78 is 20.8. The lowest BCUT2D eigenvalue weighted by Crippen LogP contribution is -2.38. The number of benzene rings is 3. The molecule has 3 aromatic carbocycles. The van der Waals surface area contributed by atoms with Gasteiger partial charge in [-0.05, 0) is 25.1 Å². The maximum Gasteiger partial charge on any atom is 0.272 e. The summed E-state index contributed by atoms with van der Waals surface area (Å²) in [6, 6.07) is 21.5. The van der Waals surface area contributed by atoms with Gasteiger partial charge < -0.3 is 10.1 Å². The van der Waals surface area contributed by atoms with Gasteiger partial charge >= 0.3 is 0 Å². The van der Waals surface area contributed by atoms with Crippen molar-refractivity contribution in [2.75, 3.05) is 19.6 Å². The van der Waals surface area contributed by atoms with Crippen LogP contribution in [-0.2, 0) is 11.3 Å². The van der Waals surface area contributed by atoms with Crippen LogP contribution in [0, 0.1) is 5.82 Å². The minimum absolute atomic E-state index is 0.183. The smallest absolute Gasteiger partial charge is 0.272 e. The van der Waals surface area contributed by atoms with Crippen LogP contribution in [0.5, 0.6) is 5.75 Å². The van der Waals surface area contributed by atoms with Gasteiger partial charge in [-0.3, -0.25) is 14.5 Å². The third-order valence-corrected chi connectivity index (χ3v) is 6.57. The molecule has 36 heavy (non-hydrogen) atoms. The Morgan fingerprint density at radius 3 is 2.67 bits per heavy atom. The van der Waals surface area contributed by atoms with E-state index in [1.165, 1.54) is 6.07 Å². The summed E-state index contributed by atoms with van der Waals surface area (Å²) in [4.78, 5) is 27.2. The lowest BCUT2D eigenvalue weighted by atomic mass is 10.0. The molecule has 0 radical (unpaired) electrons. The van der Waals surface area contributed by atoms with E-state index in [1.54, 1.807) is 43.3 Å². The van der Waals surface area contributed by atoms with Crippen LogP contribution in [0.15, 0.2) is 77.6 Å². The second-order valence-electron chi connectivity index (χ2n) is 8.97. The van der Waals surface area contributed by atoms with Crippen LogP contribution >= 0.6 is 0 Å². The van der Waals surface area contributed by atoms with Crippen LogP contribution in [0.1, 0.15) is 35.8 Å². The van der Waals surface area contributed by atoms with E-state index in [-0.39, 0.29) is 17.3 Å². The predicted octanol–water partition coefficient (Wildman–Crippen LogP) is 3.92. The Bertz CT molecular complexity index is 1450. The van der Waals surface area contributed by atoms with E-state index in [1.807, 2.05) is 30.3 Å². The molecule has 184 valence electrons. The second kappa shape index (κ2) is 10.3. The van der Waals surface area contributed by atoms with E-state index in [0.29, 0.717) is 48.2 Å². The van der Waals surface area contributed by atoms with E-state index < -0.39 is 12.0 Å². The van der Waals surface area contributed by atoms with Gasteiger partial charge in [-0.15, -0.1) is 0 Å². The standard InChI is InChI=1S/C28H27FN4O3/c1-18(26-20-9-3-4-10-21(20)28(35)32-31-26)27(34)30-14-15-33-16-19-8-2-7-13-24(19)36-25(17-33)22-11-5-6-12-23(22)29/h2-13,18,25H,14-17H2,1H3,(H,30,34)(H,32,35)/t18-,25-/m1/s1. The maximum atomic E-state index is 14.6. The van der Waals surface area contributed by atoms with Crippen LogP contribution in [0.2, 0.25) is 0 Å². The summed E-state index contributed by atoms with van der Waals surface area (Å²) in [5, 5.41) is 10.8. The molecule has 0 unspecified atom stereocenters. The largest absolute Gasteiger partial charge is 0.484 e. The first-order valence-corrected chi connectivity index (χ1v) is 12.0. The molecule has 8 heteroatoms. The van der Waals surface area contributed by atoms with Crippen LogP contribution < -0.4 is 15.6 Å².